The van der Waals surface area contributed by atoms with Crippen molar-refractivity contribution in [1.29, 1.82) is 0 Å². The fourth-order valence-corrected chi connectivity index (χ4v) is 3.09. The van der Waals surface area contributed by atoms with Gasteiger partial charge in [0.1, 0.15) is 0 Å². The molecule has 1 aliphatic rings. The van der Waals surface area contributed by atoms with E-state index in [1.54, 1.807) is 0 Å². The Labute approximate surface area is 138 Å². The summed E-state index contributed by atoms with van der Waals surface area (Å²) in [5, 5.41) is 6.15. The molecule has 1 fully saturated rings. The Bertz CT molecular complexity index is 560. The maximum absolute atomic E-state index is 12.4. The highest BCUT2D eigenvalue weighted by Crippen LogP contribution is 2.28. The third kappa shape index (κ3) is 4.68. The average molecular weight is 314 g/mol. The van der Waals surface area contributed by atoms with Gasteiger partial charge in [-0.15, -0.1) is 0 Å². The molecule has 1 saturated carbocycles. The van der Waals surface area contributed by atoms with Crippen molar-refractivity contribution in [3.63, 3.8) is 0 Å². The molecule has 0 aromatic heterocycles. The molecule has 4 nitrogen and oxygen atoms in total. The normalized spacial score (nSPS) is 25.2. The van der Waals surface area contributed by atoms with Crippen LogP contribution in [0.3, 0.4) is 0 Å². The Morgan fingerprint density at radius 2 is 1.87 bits per heavy atom. The van der Waals surface area contributed by atoms with Gasteiger partial charge in [0.2, 0.25) is 11.8 Å². The average Bonchev–Trinajstić information content (AvgIpc) is 2.57. The number of carbonyl (C=O) groups excluding carboxylic acids is 2. The summed E-state index contributed by atoms with van der Waals surface area (Å²) in [4.78, 5) is 23.9. The third-order valence-electron chi connectivity index (χ3n) is 4.74. The Morgan fingerprint density at radius 3 is 2.43 bits per heavy atom. The predicted molar refractivity (Wildman–Crippen MR) is 92.0 cm³/mol. The van der Waals surface area contributed by atoms with Crippen LogP contribution in [0.4, 0.5) is 0 Å². The number of hydrogen-bond donors (Lipinski definition) is 2. The summed E-state index contributed by atoms with van der Waals surface area (Å²) in [6, 6.07) is 10.00. The molecule has 124 valence electrons. The molecule has 0 saturated heterocycles. The molecule has 0 radical (unpaired) electrons. The molecule has 1 aliphatic carbocycles. The van der Waals surface area contributed by atoms with Gasteiger partial charge in [-0.05, 0) is 51.2 Å². The first-order valence-electron chi connectivity index (χ1n) is 8.23. The second kappa shape index (κ2) is 7.44. The van der Waals surface area contributed by atoms with Gasteiger partial charge >= 0.3 is 0 Å². The van der Waals surface area contributed by atoms with E-state index in [2.05, 4.69) is 24.1 Å². The highest BCUT2D eigenvalue weighted by atomic mass is 16.2. The van der Waals surface area contributed by atoms with Crippen molar-refractivity contribution >= 4 is 11.8 Å². The highest BCUT2D eigenvalue weighted by molar-refractivity contribution is 5.87. The molecule has 4 heteroatoms. The lowest BCUT2D eigenvalue weighted by atomic mass is 9.80. The zero-order chi connectivity index (χ0) is 16.9. The zero-order valence-electron chi connectivity index (χ0n) is 14.0. The van der Waals surface area contributed by atoms with Gasteiger partial charge in [-0.2, -0.15) is 0 Å². The van der Waals surface area contributed by atoms with E-state index in [0.717, 1.165) is 31.2 Å². The van der Waals surface area contributed by atoms with Crippen LogP contribution < -0.4 is 10.6 Å². The van der Waals surface area contributed by atoms with Crippen LogP contribution in [0, 0.1) is 0 Å². The number of hydrogen-bond acceptors (Lipinski definition) is 2. The van der Waals surface area contributed by atoms with Crippen molar-refractivity contribution in [2.75, 3.05) is 0 Å². The summed E-state index contributed by atoms with van der Waals surface area (Å²) < 4.78 is 0. The summed E-state index contributed by atoms with van der Waals surface area (Å²) in [5.41, 5.74) is 0.835. The summed E-state index contributed by atoms with van der Waals surface area (Å²) in [6.45, 7) is 7.48. The van der Waals surface area contributed by atoms with E-state index in [0.29, 0.717) is 0 Å². The minimum atomic E-state index is -0.197. The van der Waals surface area contributed by atoms with E-state index in [9.17, 15) is 9.59 Å². The minimum absolute atomic E-state index is 0.0694. The zero-order valence-corrected chi connectivity index (χ0v) is 14.0. The van der Waals surface area contributed by atoms with E-state index >= 15 is 0 Å². The van der Waals surface area contributed by atoms with Crippen LogP contribution in [0.5, 0.6) is 0 Å². The second-order valence-electron chi connectivity index (χ2n) is 6.67. The maximum Gasteiger partial charge on any atom is 0.243 e. The number of amides is 2. The standard InChI is InChI=1S/C19H26N2O2/c1-4-17(22)21-19(3)12-10-16(11-13-19)20-18(23)14(2)15-8-6-5-7-9-15/h4-9,14,16H,1,10-13H2,2-3H3,(H,20,23)(H,21,22)/t14-,16?,19?/m1/s1. The summed E-state index contributed by atoms with van der Waals surface area (Å²) in [6.07, 6.45) is 4.78. The van der Waals surface area contributed by atoms with Gasteiger partial charge in [-0.1, -0.05) is 36.9 Å². The van der Waals surface area contributed by atoms with Crippen LogP contribution >= 0.6 is 0 Å². The van der Waals surface area contributed by atoms with Crippen LogP contribution in [-0.2, 0) is 9.59 Å². The number of nitrogens with one attached hydrogen (secondary N) is 2. The van der Waals surface area contributed by atoms with E-state index in [-0.39, 0.29) is 29.3 Å². The SMILES string of the molecule is C=CC(=O)NC1(C)CCC(NC(=O)[C@H](C)c2ccccc2)CC1. The van der Waals surface area contributed by atoms with Crippen molar-refractivity contribution in [1.82, 2.24) is 10.6 Å². The monoisotopic (exact) mass is 314 g/mol. The summed E-state index contributed by atoms with van der Waals surface area (Å²) in [7, 11) is 0. The van der Waals surface area contributed by atoms with Gasteiger partial charge in [0.25, 0.3) is 0 Å². The molecule has 0 spiro atoms. The van der Waals surface area contributed by atoms with Gasteiger partial charge in [0.15, 0.2) is 0 Å². The van der Waals surface area contributed by atoms with Crippen molar-refractivity contribution < 1.29 is 9.59 Å². The Hall–Kier alpha value is -2.10. The summed E-state index contributed by atoms with van der Waals surface area (Å²) in [5.74, 6) is -0.211. The van der Waals surface area contributed by atoms with Crippen LogP contribution in [0.25, 0.3) is 0 Å². The lowest BCUT2D eigenvalue weighted by Gasteiger charge is -2.38. The van der Waals surface area contributed by atoms with E-state index < -0.39 is 0 Å². The van der Waals surface area contributed by atoms with Crippen molar-refractivity contribution in [3.05, 3.63) is 48.6 Å². The van der Waals surface area contributed by atoms with Crippen LogP contribution in [0.2, 0.25) is 0 Å². The van der Waals surface area contributed by atoms with Crippen LogP contribution in [-0.4, -0.2) is 23.4 Å². The fourth-order valence-electron chi connectivity index (χ4n) is 3.09. The first-order chi connectivity index (χ1) is 10.9. The van der Waals surface area contributed by atoms with Crippen LogP contribution in [0.15, 0.2) is 43.0 Å². The molecule has 0 unspecified atom stereocenters. The lowest BCUT2D eigenvalue weighted by Crippen LogP contribution is -2.51. The smallest absolute Gasteiger partial charge is 0.243 e. The molecule has 2 rings (SSSR count). The molecule has 1 atom stereocenters. The first kappa shape index (κ1) is 17.3. The van der Waals surface area contributed by atoms with Crippen molar-refractivity contribution in [2.45, 2.75) is 57.0 Å². The molecule has 2 amide bonds. The minimum Gasteiger partial charge on any atom is -0.353 e. The molecule has 23 heavy (non-hydrogen) atoms. The maximum atomic E-state index is 12.4. The lowest BCUT2D eigenvalue weighted by molar-refractivity contribution is -0.123. The molecule has 0 bridgehead atoms. The van der Waals surface area contributed by atoms with Gasteiger partial charge in [-0.25, -0.2) is 0 Å². The molecule has 2 N–H and O–H groups in total. The number of carbonyl (C=O) groups is 2. The number of benzene rings is 1. The molecular weight excluding hydrogens is 288 g/mol. The molecule has 0 heterocycles. The van der Waals surface area contributed by atoms with E-state index in [4.69, 9.17) is 0 Å². The van der Waals surface area contributed by atoms with Gasteiger partial charge in [0.05, 0.1) is 5.92 Å². The Balaban J connectivity index is 1.85. The van der Waals surface area contributed by atoms with E-state index in [1.165, 1.54) is 6.08 Å². The van der Waals surface area contributed by atoms with Crippen LogP contribution in [0.1, 0.15) is 51.0 Å². The molecule has 1 aromatic rings. The second-order valence-corrected chi connectivity index (χ2v) is 6.67. The van der Waals surface area contributed by atoms with Crippen molar-refractivity contribution in [3.8, 4) is 0 Å². The first-order valence-corrected chi connectivity index (χ1v) is 8.23. The summed E-state index contributed by atoms with van der Waals surface area (Å²) >= 11 is 0. The quantitative estimate of drug-likeness (QED) is 0.821. The molecule has 0 aliphatic heterocycles. The Kier molecular flexibility index (Phi) is 5.59. The van der Waals surface area contributed by atoms with Gasteiger partial charge < -0.3 is 10.6 Å². The van der Waals surface area contributed by atoms with Gasteiger partial charge in [0, 0.05) is 11.6 Å². The topological polar surface area (TPSA) is 58.2 Å². The van der Waals surface area contributed by atoms with Gasteiger partial charge in [-0.3, -0.25) is 9.59 Å². The predicted octanol–water partition coefficient (Wildman–Crippen LogP) is 2.91. The Morgan fingerprint density at radius 1 is 1.26 bits per heavy atom. The highest BCUT2D eigenvalue weighted by Gasteiger charge is 2.32. The van der Waals surface area contributed by atoms with E-state index in [1.807, 2.05) is 37.3 Å². The molecular formula is C19H26N2O2. The fraction of sp³-hybridized carbons (Fsp3) is 0.474. The number of rotatable bonds is 5. The molecule has 1 aromatic carbocycles. The van der Waals surface area contributed by atoms with Crippen molar-refractivity contribution in [2.24, 2.45) is 0 Å². The third-order valence-corrected chi connectivity index (χ3v) is 4.74. The largest absolute Gasteiger partial charge is 0.353 e.